The number of halogens is 2. The highest BCUT2D eigenvalue weighted by Gasteiger charge is 2.17. The summed E-state index contributed by atoms with van der Waals surface area (Å²) >= 11 is 0.765. The average Bonchev–Trinajstić information content (AvgIpc) is 2.30. The molecule has 0 radical (unpaired) electrons. The maximum absolute atomic E-state index is 12.2. The largest absolute Gasteiger partial charge is 0.292 e. The van der Waals surface area contributed by atoms with Gasteiger partial charge in [-0.25, -0.2) is 13.8 Å². The Morgan fingerprint density at radius 3 is 2.42 bits per heavy atom. The normalized spacial score (nSPS) is 10.8. The van der Waals surface area contributed by atoms with E-state index >= 15 is 0 Å². The molecule has 1 aromatic rings. The van der Waals surface area contributed by atoms with E-state index in [2.05, 4.69) is 4.98 Å². The van der Waals surface area contributed by atoms with E-state index in [1.807, 2.05) is 0 Å². The topological polar surface area (TPSA) is 30.0 Å². The Labute approximate surface area is 72.2 Å². The van der Waals surface area contributed by atoms with E-state index in [0.29, 0.717) is 0 Å². The predicted octanol–water partition coefficient (Wildman–Crippen LogP) is 2.59. The number of aromatic nitrogens is 1. The van der Waals surface area contributed by atoms with E-state index in [4.69, 9.17) is 0 Å². The SMILES string of the molecule is CC(=O)c1nc(C)c(C(F)F)s1. The average molecular weight is 191 g/mol. The summed E-state index contributed by atoms with van der Waals surface area (Å²) in [4.78, 5) is 14.3. The molecule has 0 atom stereocenters. The van der Waals surface area contributed by atoms with Crippen molar-refractivity contribution in [2.45, 2.75) is 20.3 Å². The minimum Gasteiger partial charge on any atom is -0.292 e. The molecule has 2 nitrogen and oxygen atoms in total. The minimum atomic E-state index is -2.53. The van der Waals surface area contributed by atoms with Crippen LogP contribution in [-0.4, -0.2) is 10.8 Å². The fourth-order valence-corrected chi connectivity index (χ4v) is 1.58. The van der Waals surface area contributed by atoms with Crippen LogP contribution in [-0.2, 0) is 0 Å². The fourth-order valence-electron chi connectivity index (χ4n) is 0.761. The first-order valence-corrected chi connectivity index (χ1v) is 4.10. The molecule has 0 N–H and O–H groups in total. The van der Waals surface area contributed by atoms with Crippen molar-refractivity contribution in [3.63, 3.8) is 0 Å². The van der Waals surface area contributed by atoms with Gasteiger partial charge in [-0.3, -0.25) is 4.79 Å². The molecule has 0 amide bonds. The van der Waals surface area contributed by atoms with Gasteiger partial charge in [0.25, 0.3) is 6.43 Å². The summed E-state index contributed by atoms with van der Waals surface area (Å²) in [7, 11) is 0. The molecule has 1 heterocycles. The summed E-state index contributed by atoms with van der Waals surface area (Å²) in [6, 6.07) is 0. The third-order valence-corrected chi connectivity index (χ3v) is 2.60. The number of nitrogens with zero attached hydrogens (tertiary/aromatic N) is 1. The lowest BCUT2D eigenvalue weighted by molar-refractivity contribution is 0.101. The van der Waals surface area contributed by atoms with E-state index in [9.17, 15) is 13.6 Å². The van der Waals surface area contributed by atoms with Crippen LogP contribution in [0.5, 0.6) is 0 Å². The highest BCUT2D eigenvalue weighted by Crippen LogP contribution is 2.28. The van der Waals surface area contributed by atoms with Crippen LogP contribution in [0.15, 0.2) is 0 Å². The number of hydrogen-bond acceptors (Lipinski definition) is 3. The first-order valence-electron chi connectivity index (χ1n) is 3.28. The number of ketones is 1. The van der Waals surface area contributed by atoms with Crippen molar-refractivity contribution in [2.24, 2.45) is 0 Å². The second-order valence-electron chi connectivity index (χ2n) is 2.33. The van der Waals surface area contributed by atoms with E-state index in [1.165, 1.54) is 13.8 Å². The van der Waals surface area contributed by atoms with Crippen LogP contribution in [0.25, 0.3) is 0 Å². The second kappa shape index (κ2) is 3.26. The van der Waals surface area contributed by atoms with Crippen LogP contribution >= 0.6 is 11.3 Å². The zero-order valence-corrected chi connectivity index (χ0v) is 7.41. The number of carbonyl (C=O) groups excluding carboxylic acids is 1. The van der Waals surface area contributed by atoms with Gasteiger partial charge >= 0.3 is 0 Å². The third-order valence-electron chi connectivity index (χ3n) is 1.33. The van der Waals surface area contributed by atoms with Gasteiger partial charge < -0.3 is 0 Å². The molecule has 0 aromatic carbocycles. The van der Waals surface area contributed by atoms with Gasteiger partial charge in [0.05, 0.1) is 10.6 Å². The van der Waals surface area contributed by atoms with E-state index in [-0.39, 0.29) is 21.4 Å². The van der Waals surface area contributed by atoms with Crippen molar-refractivity contribution in [3.05, 3.63) is 15.6 Å². The van der Waals surface area contributed by atoms with Crippen molar-refractivity contribution < 1.29 is 13.6 Å². The Kier molecular flexibility index (Phi) is 2.52. The second-order valence-corrected chi connectivity index (χ2v) is 3.36. The summed E-state index contributed by atoms with van der Waals surface area (Å²) < 4.78 is 24.3. The zero-order valence-electron chi connectivity index (χ0n) is 6.60. The van der Waals surface area contributed by atoms with Gasteiger partial charge in [0.2, 0.25) is 0 Å². The standard InChI is InChI=1S/C7H7F2NOS/c1-3-5(6(8)9)12-7(10-3)4(2)11/h6H,1-2H3. The molecule has 0 saturated carbocycles. The molecule has 0 unspecified atom stereocenters. The summed E-state index contributed by atoms with van der Waals surface area (Å²) in [5.41, 5.74) is 0.250. The number of rotatable bonds is 2. The number of carbonyl (C=O) groups is 1. The lowest BCUT2D eigenvalue weighted by Crippen LogP contribution is -1.89. The van der Waals surface area contributed by atoms with Crippen LogP contribution in [0.4, 0.5) is 8.78 Å². The van der Waals surface area contributed by atoms with Gasteiger partial charge in [-0.15, -0.1) is 11.3 Å². The Hall–Kier alpha value is -0.840. The number of alkyl halides is 2. The van der Waals surface area contributed by atoms with Crippen LogP contribution in [0.2, 0.25) is 0 Å². The van der Waals surface area contributed by atoms with Crippen LogP contribution < -0.4 is 0 Å². The van der Waals surface area contributed by atoms with Crippen molar-refractivity contribution in [2.75, 3.05) is 0 Å². The van der Waals surface area contributed by atoms with Gasteiger partial charge in [0, 0.05) is 6.92 Å². The molecule has 1 aromatic heterocycles. The first-order chi connectivity index (χ1) is 5.52. The number of hydrogen-bond donors (Lipinski definition) is 0. The Morgan fingerprint density at radius 1 is 1.58 bits per heavy atom. The Morgan fingerprint density at radius 2 is 2.17 bits per heavy atom. The van der Waals surface area contributed by atoms with Crippen molar-refractivity contribution >= 4 is 17.1 Å². The summed E-state index contributed by atoms with van der Waals surface area (Å²) in [5, 5.41) is 0.155. The fraction of sp³-hybridized carbons (Fsp3) is 0.429. The highest BCUT2D eigenvalue weighted by molar-refractivity contribution is 7.13. The minimum absolute atomic E-state index is 0.111. The molecule has 0 aliphatic heterocycles. The summed E-state index contributed by atoms with van der Waals surface area (Å²) in [6.45, 7) is 2.79. The maximum atomic E-state index is 12.2. The summed E-state index contributed by atoms with van der Waals surface area (Å²) in [5.74, 6) is -0.269. The third kappa shape index (κ3) is 1.66. The van der Waals surface area contributed by atoms with E-state index < -0.39 is 6.43 Å². The number of Topliss-reactive ketones (excluding diaryl/α,β-unsaturated/α-hetero) is 1. The van der Waals surface area contributed by atoms with Crippen LogP contribution in [0, 0.1) is 6.92 Å². The van der Waals surface area contributed by atoms with Gasteiger partial charge in [-0.2, -0.15) is 0 Å². The smallest absolute Gasteiger partial charge is 0.274 e. The van der Waals surface area contributed by atoms with E-state index in [1.54, 1.807) is 0 Å². The lowest BCUT2D eigenvalue weighted by Gasteiger charge is -1.91. The molecule has 1 rings (SSSR count). The maximum Gasteiger partial charge on any atom is 0.274 e. The molecule has 5 heteroatoms. The molecule has 0 saturated heterocycles. The molecular weight excluding hydrogens is 184 g/mol. The van der Waals surface area contributed by atoms with Crippen LogP contribution in [0.1, 0.15) is 33.7 Å². The van der Waals surface area contributed by atoms with Gasteiger partial charge in [0.15, 0.2) is 10.8 Å². The zero-order chi connectivity index (χ0) is 9.30. The molecular formula is C7H7F2NOS. The van der Waals surface area contributed by atoms with Crippen molar-refractivity contribution in [1.82, 2.24) is 4.98 Å². The number of thiazole rings is 1. The van der Waals surface area contributed by atoms with Crippen molar-refractivity contribution in [3.8, 4) is 0 Å². The highest BCUT2D eigenvalue weighted by atomic mass is 32.1. The molecule has 0 bridgehead atoms. The van der Waals surface area contributed by atoms with Gasteiger partial charge in [-0.05, 0) is 6.92 Å². The molecule has 66 valence electrons. The Bertz CT molecular complexity index is 308. The predicted molar refractivity (Wildman–Crippen MR) is 41.8 cm³/mol. The van der Waals surface area contributed by atoms with Crippen LogP contribution in [0.3, 0.4) is 0 Å². The summed E-state index contributed by atoms with van der Waals surface area (Å²) in [6.07, 6.45) is -2.53. The molecule has 12 heavy (non-hydrogen) atoms. The molecule has 0 fully saturated rings. The molecule has 0 spiro atoms. The van der Waals surface area contributed by atoms with Crippen molar-refractivity contribution in [1.29, 1.82) is 0 Å². The van der Waals surface area contributed by atoms with Gasteiger partial charge in [0.1, 0.15) is 0 Å². The van der Waals surface area contributed by atoms with E-state index in [0.717, 1.165) is 11.3 Å². The Balaban J connectivity index is 3.09. The lowest BCUT2D eigenvalue weighted by atomic mass is 10.4. The number of aryl methyl sites for hydroxylation is 1. The first kappa shape index (κ1) is 9.25. The molecule has 0 aliphatic carbocycles. The van der Waals surface area contributed by atoms with Gasteiger partial charge in [-0.1, -0.05) is 0 Å². The molecule has 0 aliphatic rings. The quantitative estimate of drug-likeness (QED) is 0.672. The monoisotopic (exact) mass is 191 g/mol.